The Hall–Kier alpha value is -1.16. The number of amides is 1. The molecule has 3 nitrogen and oxygen atoms in total. The SMILES string of the molecule is CSc1ccc(CN(C)C(=O)O)cc1. The molecular formula is C10H13NO2S. The standard InChI is InChI=1S/C10H13NO2S/c1-11(10(12)13)7-8-3-5-9(14-2)6-4-8/h3-6H,7H2,1-2H3,(H,12,13). The van der Waals surface area contributed by atoms with Gasteiger partial charge in [-0.3, -0.25) is 0 Å². The summed E-state index contributed by atoms with van der Waals surface area (Å²) < 4.78 is 0. The van der Waals surface area contributed by atoms with Crippen molar-refractivity contribution in [3.05, 3.63) is 29.8 Å². The molecule has 1 rings (SSSR count). The summed E-state index contributed by atoms with van der Waals surface area (Å²) >= 11 is 1.67. The number of carboxylic acid groups (broad SMARTS) is 1. The van der Waals surface area contributed by atoms with Gasteiger partial charge >= 0.3 is 6.09 Å². The lowest BCUT2D eigenvalue weighted by atomic mass is 10.2. The lowest BCUT2D eigenvalue weighted by Crippen LogP contribution is -2.23. The highest BCUT2D eigenvalue weighted by Gasteiger charge is 2.05. The molecule has 1 amide bonds. The monoisotopic (exact) mass is 211 g/mol. The third kappa shape index (κ3) is 2.96. The zero-order valence-corrected chi connectivity index (χ0v) is 9.04. The molecule has 1 aromatic rings. The largest absolute Gasteiger partial charge is 0.465 e. The van der Waals surface area contributed by atoms with Gasteiger partial charge in [-0.15, -0.1) is 11.8 Å². The predicted molar refractivity (Wildman–Crippen MR) is 57.7 cm³/mol. The van der Waals surface area contributed by atoms with E-state index in [9.17, 15) is 4.79 Å². The normalized spacial score (nSPS) is 9.86. The van der Waals surface area contributed by atoms with Crippen LogP contribution in [-0.2, 0) is 6.54 Å². The van der Waals surface area contributed by atoms with Crippen LogP contribution in [0.15, 0.2) is 29.2 Å². The lowest BCUT2D eigenvalue weighted by molar-refractivity contribution is 0.153. The van der Waals surface area contributed by atoms with Crippen LogP contribution in [-0.4, -0.2) is 29.4 Å². The van der Waals surface area contributed by atoms with E-state index in [1.807, 2.05) is 30.5 Å². The minimum Gasteiger partial charge on any atom is -0.465 e. The number of hydrogen-bond acceptors (Lipinski definition) is 2. The number of nitrogens with zero attached hydrogens (tertiary/aromatic N) is 1. The van der Waals surface area contributed by atoms with Gasteiger partial charge in [0.25, 0.3) is 0 Å². The number of thioether (sulfide) groups is 1. The van der Waals surface area contributed by atoms with E-state index in [4.69, 9.17) is 5.11 Å². The average Bonchev–Trinajstić information content (AvgIpc) is 2.19. The van der Waals surface area contributed by atoms with E-state index in [0.29, 0.717) is 6.54 Å². The molecule has 0 radical (unpaired) electrons. The Bertz CT molecular complexity index is 310. The minimum atomic E-state index is -0.904. The van der Waals surface area contributed by atoms with Gasteiger partial charge in [-0.2, -0.15) is 0 Å². The number of benzene rings is 1. The fourth-order valence-electron chi connectivity index (χ4n) is 1.07. The van der Waals surface area contributed by atoms with Crippen molar-refractivity contribution < 1.29 is 9.90 Å². The summed E-state index contributed by atoms with van der Waals surface area (Å²) in [5.74, 6) is 0. The van der Waals surface area contributed by atoms with Gasteiger partial charge in [0, 0.05) is 18.5 Å². The molecule has 14 heavy (non-hydrogen) atoms. The van der Waals surface area contributed by atoms with E-state index < -0.39 is 6.09 Å². The predicted octanol–water partition coefficient (Wildman–Crippen LogP) is 2.52. The van der Waals surface area contributed by atoms with E-state index in [2.05, 4.69) is 0 Å². The maximum atomic E-state index is 10.5. The second-order valence-corrected chi connectivity index (χ2v) is 3.87. The van der Waals surface area contributed by atoms with Crippen molar-refractivity contribution in [3.63, 3.8) is 0 Å². The Balaban J connectivity index is 2.64. The van der Waals surface area contributed by atoms with Gasteiger partial charge in [0.15, 0.2) is 0 Å². The average molecular weight is 211 g/mol. The molecule has 0 fully saturated rings. The Morgan fingerprint density at radius 3 is 2.43 bits per heavy atom. The lowest BCUT2D eigenvalue weighted by Gasteiger charge is -2.12. The summed E-state index contributed by atoms with van der Waals surface area (Å²) in [4.78, 5) is 13.0. The van der Waals surface area contributed by atoms with Crippen LogP contribution in [0.5, 0.6) is 0 Å². The van der Waals surface area contributed by atoms with Crippen molar-refractivity contribution in [1.82, 2.24) is 4.90 Å². The van der Waals surface area contributed by atoms with Crippen LogP contribution < -0.4 is 0 Å². The second kappa shape index (κ2) is 4.91. The quantitative estimate of drug-likeness (QED) is 0.781. The third-order valence-corrected chi connectivity index (χ3v) is 2.65. The van der Waals surface area contributed by atoms with Crippen LogP contribution in [0.2, 0.25) is 0 Å². The van der Waals surface area contributed by atoms with Crippen LogP contribution in [0.3, 0.4) is 0 Å². The highest BCUT2D eigenvalue weighted by Crippen LogP contribution is 2.15. The van der Waals surface area contributed by atoms with E-state index in [1.165, 1.54) is 9.80 Å². The number of carbonyl (C=O) groups is 1. The molecule has 1 aromatic carbocycles. The Morgan fingerprint density at radius 1 is 1.43 bits per heavy atom. The van der Waals surface area contributed by atoms with E-state index in [-0.39, 0.29) is 0 Å². The molecule has 4 heteroatoms. The first-order valence-corrected chi connectivity index (χ1v) is 5.43. The van der Waals surface area contributed by atoms with Crippen LogP contribution in [0.25, 0.3) is 0 Å². The molecule has 0 aliphatic heterocycles. The van der Waals surface area contributed by atoms with Gasteiger partial charge in [0.05, 0.1) is 0 Å². The Kier molecular flexibility index (Phi) is 3.83. The molecule has 0 heterocycles. The van der Waals surface area contributed by atoms with Crippen LogP contribution >= 0.6 is 11.8 Å². The zero-order valence-electron chi connectivity index (χ0n) is 8.23. The molecule has 0 atom stereocenters. The number of rotatable bonds is 3. The molecule has 0 saturated carbocycles. The van der Waals surface area contributed by atoms with Gasteiger partial charge in [-0.05, 0) is 24.0 Å². The maximum Gasteiger partial charge on any atom is 0.407 e. The molecule has 1 N–H and O–H groups in total. The summed E-state index contributed by atoms with van der Waals surface area (Å²) in [6.45, 7) is 0.435. The first-order valence-electron chi connectivity index (χ1n) is 4.20. The summed E-state index contributed by atoms with van der Waals surface area (Å²) in [5, 5.41) is 8.67. The van der Waals surface area contributed by atoms with Crippen molar-refractivity contribution >= 4 is 17.9 Å². The Labute approximate surface area is 87.7 Å². The highest BCUT2D eigenvalue weighted by atomic mass is 32.2. The summed E-state index contributed by atoms with van der Waals surface area (Å²) in [6, 6.07) is 7.89. The highest BCUT2D eigenvalue weighted by molar-refractivity contribution is 7.98. The first kappa shape index (κ1) is 10.9. The second-order valence-electron chi connectivity index (χ2n) is 2.99. The van der Waals surface area contributed by atoms with Gasteiger partial charge < -0.3 is 10.0 Å². The van der Waals surface area contributed by atoms with Gasteiger partial charge in [-0.1, -0.05) is 12.1 Å². The molecule has 0 bridgehead atoms. The minimum absolute atomic E-state index is 0.435. The first-order chi connectivity index (χ1) is 6.63. The summed E-state index contributed by atoms with van der Waals surface area (Å²) in [6.07, 6.45) is 1.11. The Morgan fingerprint density at radius 2 is 2.00 bits per heavy atom. The van der Waals surface area contributed by atoms with Gasteiger partial charge in [0.1, 0.15) is 0 Å². The van der Waals surface area contributed by atoms with Crippen LogP contribution in [0.4, 0.5) is 4.79 Å². The van der Waals surface area contributed by atoms with E-state index in [0.717, 1.165) is 5.56 Å². The van der Waals surface area contributed by atoms with Crippen molar-refractivity contribution in [2.45, 2.75) is 11.4 Å². The summed E-state index contributed by atoms with van der Waals surface area (Å²) in [7, 11) is 1.56. The number of hydrogen-bond donors (Lipinski definition) is 1. The van der Waals surface area contributed by atoms with Crippen molar-refractivity contribution in [1.29, 1.82) is 0 Å². The molecule has 0 spiro atoms. The third-order valence-electron chi connectivity index (χ3n) is 1.91. The fraction of sp³-hybridized carbons (Fsp3) is 0.300. The molecular weight excluding hydrogens is 198 g/mol. The van der Waals surface area contributed by atoms with E-state index in [1.54, 1.807) is 18.8 Å². The molecule has 0 unspecified atom stereocenters. The topological polar surface area (TPSA) is 40.5 Å². The van der Waals surface area contributed by atoms with Gasteiger partial charge in [0.2, 0.25) is 0 Å². The van der Waals surface area contributed by atoms with Crippen molar-refractivity contribution in [3.8, 4) is 0 Å². The molecule has 0 aliphatic rings. The van der Waals surface area contributed by atoms with Crippen molar-refractivity contribution in [2.24, 2.45) is 0 Å². The molecule has 0 saturated heterocycles. The van der Waals surface area contributed by atoms with Crippen LogP contribution in [0.1, 0.15) is 5.56 Å². The zero-order chi connectivity index (χ0) is 10.6. The fourth-order valence-corrected chi connectivity index (χ4v) is 1.48. The maximum absolute atomic E-state index is 10.5. The molecule has 0 aliphatic carbocycles. The van der Waals surface area contributed by atoms with E-state index >= 15 is 0 Å². The van der Waals surface area contributed by atoms with Crippen LogP contribution in [0, 0.1) is 0 Å². The molecule has 0 aromatic heterocycles. The van der Waals surface area contributed by atoms with Gasteiger partial charge in [-0.25, -0.2) is 4.79 Å². The van der Waals surface area contributed by atoms with Crippen molar-refractivity contribution in [2.75, 3.05) is 13.3 Å². The molecule has 76 valence electrons. The smallest absolute Gasteiger partial charge is 0.407 e. The summed E-state index contributed by atoms with van der Waals surface area (Å²) in [5.41, 5.74) is 1.01.